The number of aromatic amines is 1. The monoisotopic (exact) mass is 474 g/mol. The minimum Gasteiger partial charge on any atom is -0.348 e. The number of imidazole rings is 1. The molecule has 1 heterocycles. The number of hydrogen-bond acceptors (Lipinski definition) is 3. The molecule has 5 rings (SSSR count). The summed E-state index contributed by atoms with van der Waals surface area (Å²) < 4.78 is 0. The van der Waals surface area contributed by atoms with Crippen molar-refractivity contribution in [3.63, 3.8) is 0 Å². The van der Waals surface area contributed by atoms with E-state index in [1.165, 1.54) is 0 Å². The summed E-state index contributed by atoms with van der Waals surface area (Å²) in [6, 6.07) is 34.2. The van der Waals surface area contributed by atoms with E-state index in [1.54, 1.807) is 29.2 Å². The van der Waals surface area contributed by atoms with E-state index in [-0.39, 0.29) is 11.8 Å². The number of nitrogens with one attached hydrogen (secondary N) is 2. The third kappa shape index (κ3) is 5.50. The molecule has 2 amide bonds. The van der Waals surface area contributed by atoms with Crippen molar-refractivity contribution in [2.24, 2.45) is 0 Å². The lowest BCUT2D eigenvalue weighted by Crippen LogP contribution is -2.30. The number of amides is 2. The first kappa shape index (κ1) is 23.1. The van der Waals surface area contributed by atoms with Gasteiger partial charge in [-0.15, -0.1) is 0 Å². The SMILES string of the molecule is O=C(NCc1ccccc1)c1ccc(C(=O)N(Cc2ccccc2)Cc2nc3ccccc3[nH]2)cc1. The van der Waals surface area contributed by atoms with Gasteiger partial charge in [-0.25, -0.2) is 4.98 Å². The normalized spacial score (nSPS) is 10.8. The van der Waals surface area contributed by atoms with Crippen molar-refractivity contribution >= 4 is 22.8 Å². The number of benzene rings is 4. The molecule has 1 aromatic heterocycles. The third-order valence-electron chi connectivity index (χ3n) is 5.97. The molecule has 0 spiro atoms. The molecule has 0 aliphatic carbocycles. The van der Waals surface area contributed by atoms with Gasteiger partial charge in [0.05, 0.1) is 17.6 Å². The van der Waals surface area contributed by atoms with Gasteiger partial charge in [-0.3, -0.25) is 9.59 Å². The Morgan fingerprint density at radius 3 is 2.00 bits per heavy atom. The minimum atomic E-state index is -0.179. The van der Waals surface area contributed by atoms with Gasteiger partial charge in [0.2, 0.25) is 0 Å². The Balaban J connectivity index is 1.32. The van der Waals surface area contributed by atoms with E-state index in [9.17, 15) is 9.59 Å². The van der Waals surface area contributed by atoms with Crippen LogP contribution in [0.25, 0.3) is 11.0 Å². The second kappa shape index (κ2) is 10.7. The van der Waals surface area contributed by atoms with Gasteiger partial charge in [-0.05, 0) is 47.5 Å². The van der Waals surface area contributed by atoms with E-state index < -0.39 is 0 Å². The first-order valence-electron chi connectivity index (χ1n) is 11.8. The van der Waals surface area contributed by atoms with Gasteiger partial charge < -0.3 is 15.2 Å². The maximum atomic E-state index is 13.5. The van der Waals surface area contributed by atoms with Crippen molar-refractivity contribution in [3.8, 4) is 0 Å². The van der Waals surface area contributed by atoms with Crippen molar-refractivity contribution in [3.05, 3.63) is 137 Å². The summed E-state index contributed by atoms with van der Waals surface area (Å²) in [5.74, 6) is 0.411. The summed E-state index contributed by atoms with van der Waals surface area (Å²) in [6.45, 7) is 1.22. The molecule has 0 aliphatic rings. The fraction of sp³-hybridized carbons (Fsp3) is 0.100. The van der Waals surface area contributed by atoms with Gasteiger partial charge in [0, 0.05) is 24.2 Å². The van der Waals surface area contributed by atoms with Crippen LogP contribution in [0.3, 0.4) is 0 Å². The second-order valence-electron chi connectivity index (χ2n) is 8.59. The van der Waals surface area contributed by atoms with Crippen LogP contribution in [-0.2, 0) is 19.6 Å². The van der Waals surface area contributed by atoms with Crippen LogP contribution in [0.5, 0.6) is 0 Å². The summed E-state index contributed by atoms with van der Waals surface area (Å²) in [5, 5.41) is 2.92. The van der Waals surface area contributed by atoms with Crippen molar-refractivity contribution in [1.29, 1.82) is 0 Å². The van der Waals surface area contributed by atoms with Crippen LogP contribution >= 0.6 is 0 Å². The van der Waals surface area contributed by atoms with Gasteiger partial charge >= 0.3 is 0 Å². The molecule has 178 valence electrons. The lowest BCUT2D eigenvalue weighted by molar-refractivity contribution is 0.0725. The fourth-order valence-corrected chi connectivity index (χ4v) is 4.09. The molecular weight excluding hydrogens is 448 g/mol. The van der Waals surface area contributed by atoms with E-state index in [4.69, 9.17) is 0 Å². The number of carbonyl (C=O) groups excluding carboxylic acids is 2. The molecule has 6 heteroatoms. The molecule has 0 unspecified atom stereocenters. The lowest BCUT2D eigenvalue weighted by Gasteiger charge is -2.22. The highest BCUT2D eigenvalue weighted by atomic mass is 16.2. The van der Waals surface area contributed by atoms with Crippen molar-refractivity contribution in [2.45, 2.75) is 19.6 Å². The number of carbonyl (C=O) groups is 2. The zero-order valence-corrected chi connectivity index (χ0v) is 19.7. The topological polar surface area (TPSA) is 78.1 Å². The molecule has 0 saturated heterocycles. The van der Waals surface area contributed by atoms with Gasteiger partial charge in [-0.2, -0.15) is 0 Å². The zero-order valence-electron chi connectivity index (χ0n) is 19.7. The Kier molecular flexibility index (Phi) is 6.85. The number of fused-ring (bicyclic) bond motifs is 1. The average Bonchev–Trinajstić information content (AvgIpc) is 3.35. The van der Waals surface area contributed by atoms with Gasteiger partial charge in [0.25, 0.3) is 11.8 Å². The average molecular weight is 475 g/mol. The van der Waals surface area contributed by atoms with Crippen LogP contribution in [-0.4, -0.2) is 26.7 Å². The summed E-state index contributed by atoms with van der Waals surface area (Å²) in [7, 11) is 0. The third-order valence-corrected chi connectivity index (χ3v) is 5.97. The second-order valence-corrected chi connectivity index (χ2v) is 8.59. The first-order valence-corrected chi connectivity index (χ1v) is 11.8. The number of H-pyrrole nitrogens is 1. The van der Waals surface area contributed by atoms with Crippen LogP contribution in [0, 0.1) is 0 Å². The van der Waals surface area contributed by atoms with Gasteiger partial charge in [0.15, 0.2) is 0 Å². The van der Waals surface area contributed by atoms with Gasteiger partial charge in [-0.1, -0.05) is 72.8 Å². The summed E-state index contributed by atoms with van der Waals surface area (Å²) >= 11 is 0. The van der Waals surface area contributed by atoms with E-state index in [1.807, 2.05) is 84.9 Å². The molecule has 0 atom stereocenters. The maximum Gasteiger partial charge on any atom is 0.254 e. The standard InChI is InChI=1S/C30H26N4O2/c35-29(31-19-22-9-3-1-4-10-22)24-15-17-25(18-16-24)30(36)34(20-23-11-5-2-6-12-23)21-28-32-26-13-7-8-14-27(26)33-28/h1-18H,19-21H2,(H,31,35)(H,32,33). The van der Waals surface area contributed by atoms with Crippen LogP contribution in [0.2, 0.25) is 0 Å². The number of nitrogens with zero attached hydrogens (tertiary/aromatic N) is 2. The molecule has 0 saturated carbocycles. The summed E-state index contributed by atoms with van der Waals surface area (Å²) in [6.07, 6.45) is 0. The van der Waals surface area contributed by atoms with Crippen LogP contribution in [0.15, 0.2) is 109 Å². The quantitative estimate of drug-likeness (QED) is 0.319. The predicted molar refractivity (Wildman–Crippen MR) is 140 cm³/mol. The number of para-hydroxylation sites is 2. The molecular formula is C30H26N4O2. The lowest BCUT2D eigenvalue weighted by atomic mass is 10.1. The summed E-state index contributed by atoms with van der Waals surface area (Å²) in [5.41, 5.74) is 4.88. The van der Waals surface area contributed by atoms with E-state index in [2.05, 4.69) is 15.3 Å². The molecule has 0 bridgehead atoms. The highest BCUT2D eigenvalue weighted by molar-refractivity contribution is 5.97. The molecule has 0 fully saturated rings. The first-order chi connectivity index (χ1) is 17.7. The zero-order chi connectivity index (χ0) is 24.7. The van der Waals surface area contributed by atoms with Crippen LogP contribution in [0.4, 0.5) is 0 Å². The molecule has 6 nitrogen and oxygen atoms in total. The molecule has 5 aromatic rings. The molecule has 36 heavy (non-hydrogen) atoms. The van der Waals surface area contributed by atoms with Crippen molar-refractivity contribution in [1.82, 2.24) is 20.2 Å². The molecule has 4 aromatic carbocycles. The van der Waals surface area contributed by atoms with Crippen LogP contribution in [0.1, 0.15) is 37.7 Å². The molecule has 0 aliphatic heterocycles. The fourth-order valence-electron chi connectivity index (χ4n) is 4.09. The van der Waals surface area contributed by atoms with E-state index in [0.717, 1.165) is 28.0 Å². The van der Waals surface area contributed by atoms with E-state index in [0.29, 0.717) is 30.8 Å². The Morgan fingerprint density at radius 1 is 0.694 bits per heavy atom. The highest BCUT2D eigenvalue weighted by Gasteiger charge is 2.19. The maximum absolute atomic E-state index is 13.5. The largest absolute Gasteiger partial charge is 0.348 e. The van der Waals surface area contributed by atoms with Gasteiger partial charge in [0.1, 0.15) is 5.82 Å². The van der Waals surface area contributed by atoms with Crippen molar-refractivity contribution < 1.29 is 9.59 Å². The predicted octanol–water partition coefficient (Wildman–Crippen LogP) is 5.34. The number of aromatic nitrogens is 2. The van der Waals surface area contributed by atoms with Crippen LogP contribution < -0.4 is 5.32 Å². The Bertz CT molecular complexity index is 1430. The number of hydrogen-bond donors (Lipinski definition) is 2. The highest BCUT2D eigenvalue weighted by Crippen LogP contribution is 2.17. The number of rotatable bonds is 8. The molecule has 0 radical (unpaired) electrons. The van der Waals surface area contributed by atoms with E-state index >= 15 is 0 Å². The Hall–Kier alpha value is -4.71. The smallest absolute Gasteiger partial charge is 0.254 e. The Morgan fingerprint density at radius 2 is 1.31 bits per heavy atom. The summed E-state index contributed by atoms with van der Waals surface area (Å²) in [4.78, 5) is 35.8. The molecule has 2 N–H and O–H groups in total. The Labute approximate surface area is 209 Å². The van der Waals surface area contributed by atoms with Crippen molar-refractivity contribution in [2.75, 3.05) is 0 Å². The minimum absolute atomic E-state index is 0.129.